The number of hydrogen-bond acceptors (Lipinski definition) is 8. The van der Waals surface area contributed by atoms with Gasteiger partial charge in [0.05, 0.1) is 17.9 Å². The lowest BCUT2D eigenvalue weighted by Crippen LogP contribution is -2.40. The zero-order valence-corrected chi connectivity index (χ0v) is 22.6. The number of fused-ring (bicyclic) bond motifs is 1. The summed E-state index contributed by atoms with van der Waals surface area (Å²) in [6.45, 7) is 0.699. The third-order valence-electron chi connectivity index (χ3n) is 6.29. The van der Waals surface area contributed by atoms with Gasteiger partial charge < -0.3 is 25.7 Å². The Labute approximate surface area is 223 Å². The van der Waals surface area contributed by atoms with E-state index in [-0.39, 0.29) is 36.2 Å². The van der Waals surface area contributed by atoms with Crippen LogP contribution < -0.4 is 21.1 Å². The van der Waals surface area contributed by atoms with Crippen molar-refractivity contribution >= 4 is 45.0 Å². The van der Waals surface area contributed by atoms with Gasteiger partial charge in [-0.05, 0) is 56.4 Å². The zero-order valence-electron chi connectivity index (χ0n) is 20.9. The Hall–Kier alpha value is -2.89. The van der Waals surface area contributed by atoms with Crippen molar-refractivity contribution in [2.24, 2.45) is 5.73 Å². The van der Waals surface area contributed by atoms with Crippen LogP contribution >= 0.6 is 12.4 Å². The number of sulfone groups is 1. The molecule has 10 nitrogen and oxygen atoms in total. The first-order chi connectivity index (χ1) is 17.3. The summed E-state index contributed by atoms with van der Waals surface area (Å²) in [5, 5.41) is 7.43. The second-order valence-electron chi connectivity index (χ2n) is 9.24. The summed E-state index contributed by atoms with van der Waals surface area (Å²) in [4.78, 5) is 20.9. The van der Waals surface area contributed by atoms with Crippen LogP contribution in [0, 0.1) is 0 Å². The maximum Gasteiger partial charge on any atom is 0.224 e. The predicted octanol–water partition coefficient (Wildman–Crippen LogP) is 2.84. The largest absolute Gasteiger partial charge is 0.493 e. The monoisotopic (exact) mass is 550 g/mol. The molecule has 12 heteroatoms. The van der Waals surface area contributed by atoms with Crippen LogP contribution in [-0.4, -0.2) is 66.1 Å². The fourth-order valence-electron chi connectivity index (χ4n) is 4.52. The van der Waals surface area contributed by atoms with Crippen LogP contribution in [0.1, 0.15) is 38.5 Å². The minimum atomic E-state index is -3.00. The van der Waals surface area contributed by atoms with E-state index < -0.39 is 9.84 Å². The summed E-state index contributed by atoms with van der Waals surface area (Å²) in [5.41, 5.74) is 6.39. The molecular formula is C25H35ClN6O4S. The second kappa shape index (κ2) is 13.1. The highest BCUT2D eigenvalue weighted by Gasteiger charge is 2.23. The van der Waals surface area contributed by atoms with Gasteiger partial charge in [-0.15, -0.1) is 12.4 Å². The molecule has 0 aliphatic heterocycles. The average Bonchev–Trinajstić information content (AvgIpc) is 3.28. The molecule has 4 rings (SSSR count). The van der Waals surface area contributed by atoms with Crippen molar-refractivity contribution in [1.82, 2.24) is 19.9 Å². The zero-order chi connectivity index (χ0) is 25.5. The van der Waals surface area contributed by atoms with E-state index in [0.717, 1.165) is 42.4 Å². The standard InChI is InChI=1S/C25H34N6O4S.ClH/c1-36(33,34)17-3-16-35-22-5-2-4-21-20(22)12-15-31(21)23-11-14-27-25(30-23)29-19-8-6-18(7-9-19)28-24(32)10-13-26;/h2,4-5,11-12,14-15,18-19H,3,6-10,13,16-17,26H2,1H3,(H,28,32)(H,27,29,30);1H. The summed E-state index contributed by atoms with van der Waals surface area (Å²) in [7, 11) is -3.00. The first-order valence-corrected chi connectivity index (χ1v) is 14.4. The van der Waals surface area contributed by atoms with Gasteiger partial charge in [0, 0.05) is 49.1 Å². The number of nitrogens with two attached hydrogens (primary N) is 1. The molecule has 1 amide bonds. The van der Waals surface area contributed by atoms with Crippen molar-refractivity contribution in [2.45, 2.75) is 50.6 Å². The van der Waals surface area contributed by atoms with Crippen molar-refractivity contribution in [3.63, 3.8) is 0 Å². The average molecular weight is 551 g/mol. The topological polar surface area (TPSA) is 141 Å². The highest BCUT2D eigenvalue weighted by atomic mass is 35.5. The first-order valence-electron chi connectivity index (χ1n) is 12.3. The van der Waals surface area contributed by atoms with Gasteiger partial charge in [-0.25, -0.2) is 13.4 Å². The lowest BCUT2D eigenvalue weighted by molar-refractivity contribution is -0.121. The molecule has 4 N–H and O–H groups in total. The number of carbonyl (C=O) groups is 1. The molecule has 202 valence electrons. The molecule has 2 heterocycles. The Kier molecular flexibility index (Phi) is 10.1. The summed E-state index contributed by atoms with van der Waals surface area (Å²) in [5.74, 6) is 2.14. The first kappa shape index (κ1) is 28.7. The molecular weight excluding hydrogens is 516 g/mol. The highest BCUT2D eigenvalue weighted by Crippen LogP contribution is 2.29. The van der Waals surface area contributed by atoms with Crippen LogP contribution in [0.25, 0.3) is 16.7 Å². The van der Waals surface area contributed by atoms with Gasteiger partial charge in [-0.1, -0.05) is 6.07 Å². The van der Waals surface area contributed by atoms with Gasteiger partial charge >= 0.3 is 0 Å². The maximum absolute atomic E-state index is 11.8. The van der Waals surface area contributed by atoms with Gasteiger partial charge in [0.25, 0.3) is 0 Å². The lowest BCUT2D eigenvalue weighted by atomic mass is 9.91. The number of halogens is 1. The number of amides is 1. The summed E-state index contributed by atoms with van der Waals surface area (Å²) >= 11 is 0. The Morgan fingerprint density at radius 2 is 1.92 bits per heavy atom. The van der Waals surface area contributed by atoms with Crippen molar-refractivity contribution < 1.29 is 17.9 Å². The molecule has 1 aromatic carbocycles. The molecule has 0 bridgehead atoms. The molecule has 1 fully saturated rings. The van der Waals surface area contributed by atoms with E-state index in [1.54, 1.807) is 6.20 Å². The van der Waals surface area contributed by atoms with Crippen LogP contribution in [0.4, 0.5) is 5.95 Å². The third-order valence-corrected chi connectivity index (χ3v) is 7.32. The fourth-order valence-corrected chi connectivity index (χ4v) is 5.16. The Morgan fingerprint density at radius 1 is 1.16 bits per heavy atom. The van der Waals surface area contributed by atoms with Crippen molar-refractivity contribution in [3.05, 3.63) is 42.7 Å². The molecule has 0 spiro atoms. The number of anilines is 1. The quantitative estimate of drug-likeness (QED) is 0.309. The normalized spacial score (nSPS) is 17.7. The number of aromatic nitrogens is 3. The van der Waals surface area contributed by atoms with Crippen molar-refractivity contribution in [1.29, 1.82) is 0 Å². The summed E-state index contributed by atoms with van der Waals surface area (Å²) < 4.78 is 30.6. The van der Waals surface area contributed by atoms with Crippen LogP contribution in [-0.2, 0) is 14.6 Å². The SMILES string of the molecule is CS(=O)(=O)CCCOc1cccc2c1ccn2-c1ccnc(NC2CCC(NC(=O)CCN)CC2)n1.Cl. The van der Waals surface area contributed by atoms with Crippen LogP contribution in [0.15, 0.2) is 42.7 Å². The number of benzene rings is 1. The minimum absolute atomic E-state index is 0. The number of nitrogens with zero attached hydrogens (tertiary/aromatic N) is 3. The van der Waals surface area contributed by atoms with E-state index in [0.29, 0.717) is 37.7 Å². The summed E-state index contributed by atoms with van der Waals surface area (Å²) in [6, 6.07) is 10.1. The fraction of sp³-hybridized carbons (Fsp3) is 0.480. The minimum Gasteiger partial charge on any atom is -0.493 e. The molecule has 1 saturated carbocycles. The van der Waals surface area contributed by atoms with Crippen molar-refractivity contribution in [3.8, 4) is 11.6 Å². The van der Waals surface area contributed by atoms with E-state index in [1.807, 2.05) is 41.1 Å². The number of hydrogen-bond donors (Lipinski definition) is 3. The predicted molar refractivity (Wildman–Crippen MR) is 147 cm³/mol. The van der Waals surface area contributed by atoms with Gasteiger partial charge in [-0.3, -0.25) is 4.79 Å². The van der Waals surface area contributed by atoms with Crippen molar-refractivity contribution in [2.75, 3.05) is 30.5 Å². The Balaban J connectivity index is 0.00000380. The van der Waals surface area contributed by atoms with E-state index >= 15 is 0 Å². The Morgan fingerprint density at radius 3 is 2.65 bits per heavy atom. The molecule has 0 atom stereocenters. The molecule has 2 aromatic heterocycles. The van der Waals surface area contributed by atoms with Crippen LogP contribution in [0.2, 0.25) is 0 Å². The summed E-state index contributed by atoms with van der Waals surface area (Å²) in [6.07, 6.45) is 9.37. The lowest BCUT2D eigenvalue weighted by Gasteiger charge is -2.29. The number of rotatable bonds is 11. The molecule has 1 aliphatic carbocycles. The molecule has 0 unspecified atom stereocenters. The van der Waals surface area contributed by atoms with E-state index in [2.05, 4.69) is 15.6 Å². The van der Waals surface area contributed by atoms with Gasteiger partial charge in [0.15, 0.2) is 0 Å². The molecule has 0 radical (unpaired) electrons. The Bertz CT molecular complexity index is 1290. The van der Waals surface area contributed by atoms with Gasteiger partial charge in [-0.2, -0.15) is 4.98 Å². The maximum atomic E-state index is 11.8. The molecule has 37 heavy (non-hydrogen) atoms. The van der Waals surface area contributed by atoms with Gasteiger partial charge in [0.1, 0.15) is 21.4 Å². The number of ether oxygens (including phenoxy) is 1. The van der Waals surface area contributed by atoms with E-state index in [1.165, 1.54) is 6.26 Å². The van der Waals surface area contributed by atoms with Crippen LogP contribution in [0.5, 0.6) is 5.75 Å². The molecule has 1 aliphatic rings. The molecule has 0 saturated heterocycles. The van der Waals surface area contributed by atoms with Crippen LogP contribution in [0.3, 0.4) is 0 Å². The second-order valence-corrected chi connectivity index (χ2v) is 11.5. The third kappa shape index (κ3) is 8.05. The highest BCUT2D eigenvalue weighted by molar-refractivity contribution is 7.90. The van der Waals surface area contributed by atoms with Gasteiger partial charge in [0.2, 0.25) is 11.9 Å². The molecule has 3 aromatic rings. The number of nitrogens with one attached hydrogen (secondary N) is 2. The van der Waals surface area contributed by atoms with E-state index in [4.69, 9.17) is 15.5 Å². The number of carbonyl (C=O) groups excluding carboxylic acids is 1. The smallest absolute Gasteiger partial charge is 0.224 e. The van der Waals surface area contributed by atoms with E-state index in [9.17, 15) is 13.2 Å².